The normalized spacial score (nSPS) is 34.0. The summed E-state index contributed by atoms with van der Waals surface area (Å²) in [6, 6.07) is 1.67. The van der Waals surface area contributed by atoms with Crippen molar-refractivity contribution in [2.45, 2.75) is 118 Å². The highest BCUT2D eigenvalue weighted by Crippen LogP contribution is 2.54. The van der Waals surface area contributed by atoms with Crippen LogP contribution >= 0.6 is 0 Å². The van der Waals surface area contributed by atoms with Gasteiger partial charge in [-0.15, -0.1) is 0 Å². The molecule has 10 atom stereocenters. The Hall–Kier alpha value is -4.59. The second-order valence-corrected chi connectivity index (χ2v) is 16.0. The molecule has 0 aliphatic carbocycles. The molecule has 2 aromatic rings. The second kappa shape index (κ2) is 16.9. The van der Waals surface area contributed by atoms with E-state index in [9.17, 15) is 34.8 Å². The number of carbonyl (C=O) groups excluding carboxylic acids is 3. The Morgan fingerprint density at radius 3 is 2.30 bits per heavy atom. The number of nitrogens with one attached hydrogen (secondary N) is 1. The number of piperidine rings is 1. The summed E-state index contributed by atoms with van der Waals surface area (Å²) in [5.41, 5.74) is 1.21. The second-order valence-electron chi connectivity index (χ2n) is 16.0. The van der Waals surface area contributed by atoms with Crippen LogP contribution in [-0.2, 0) is 23.8 Å². The van der Waals surface area contributed by atoms with Crippen molar-refractivity contribution < 1.29 is 53.8 Å². The molecule has 13 heteroatoms. The van der Waals surface area contributed by atoms with Crippen LogP contribution in [0.25, 0.3) is 10.8 Å². The third kappa shape index (κ3) is 7.99. The molecule has 56 heavy (non-hydrogen) atoms. The zero-order valence-corrected chi connectivity index (χ0v) is 34.1. The molecule has 5 bridgehead atoms. The molecule has 0 saturated carbocycles. The van der Waals surface area contributed by atoms with Gasteiger partial charge in [0.15, 0.2) is 5.75 Å². The van der Waals surface area contributed by atoms with Gasteiger partial charge < -0.3 is 49.6 Å². The van der Waals surface area contributed by atoms with E-state index >= 15 is 0 Å². The monoisotopic (exact) mass is 778 g/mol. The molecule has 2 aromatic carbocycles. The van der Waals surface area contributed by atoms with Gasteiger partial charge in [-0.05, 0) is 52.2 Å². The number of hydrogen-bond acceptors (Lipinski definition) is 12. The van der Waals surface area contributed by atoms with Crippen LogP contribution in [0.15, 0.2) is 42.2 Å². The van der Waals surface area contributed by atoms with Crippen molar-refractivity contribution in [2.75, 3.05) is 23.9 Å². The lowest BCUT2D eigenvalue weighted by Crippen LogP contribution is -2.46. The number of hydrogen-bond donors (Lipinski definition) is 5. The Kier molecular flexibility index (Phi) is 12.8. The lowest BCUT2D eigenvalue weighted by molar-refractivity contribution is -0.160. The Morgan fingerprint density at radius 2 is 1.66 bits per heavy atom. The SMILES string of the molecule is CO[C@H]1/C=C/O[C@@]2(C)Oc3c(C)c(O)c4c(O)c(cc(N5CCCCC5C)c4c3C2=O)NC(=O)/C(C)=C\C=C\[C@H](C)[C@H](O)[C@@H](C)[C@@H](O)[C@H](C)[C@H](OC(C)=O)[C@H]1C. The van der Waals surface area contributed by atoms with E-state index in [0.717, 1.165) is 19.3 Å². The zero-order valence-electron chi connectivity index (χ0n) is 34.1. The van der Waals surface area contributed by atoms with E-state index in [1.807, 2.05) is 0 Å². The Labute approximate surface area is 328 Å². The molecule has 5 N–H and O–H groups in total. The molecule has 4 aliphatic rings. The van der Waals surface area contributed by atoms with Gasteiger partial charge in [0.25, 0.3) is 11.7 Å². The van der Waals surface area contributed by atoms with Gasteiger partial charge in [0.05, 0.1) is 41.2 Å². The number of anilines is 2. The standard InChI is InChI=1S/C43H58N2O11/c1-21-14-13-15-22(2)42(52)44-29-20-30(45-18-12-11-16-23(45)3)32-33(38(29)50)37(49)27(7)40-34(32)41(51)43(9,56-40)54-19-17-31(53-10)24(4)39(55-28(8)46)26(6)36(48)25(5)35(21)47/h13-15,17,19-21,23-26,31,35-36,39,47-50H,11-12,16,18H2,1-10H3,(H,44,52)/b14-13+,19-17+,22-15-/t21-,23?,24-,25+,26-,31-,35-,36+,39+,43-/m0/s1. The van der Waals surface area contributed by atoms with Gasteiger partial charge in [-0.1, -0.05) is 45.9 Å². The van der Waals surface area contributed by atoms with E-state index in [2.05, 4.69) is 17.1 Å². The molecular weight excluding hydrogens is 720 g/mol. The number of phenols is 2. The third-order valence-electron chi connectivity index (χ3n) is 11.9. The van der Waals surface area contributed by atoms with E-state index in [-0.39, 0.29) is 50.7 Å². The first-order chi connectivity index (χ1) is 26.3. The molecule has 0 radical (unpaired) electrons. The van der Waals surface area contributed by atoms with Crippen LogP contribution in [0.4, 0.5) is 11.4 Å². The lowest BCUT2D eigenvalue weighted by atomic mass is 9.78. The molecule has 4 heterocycles. The first kappa shape index (κ1) is 42.6. The molecule has 1 fully saturated rings. The quantitative estimate of drug-likeness (QED) is 0.170. The number of allylic oxidation sites excluding steroid dienone is 2. The molecule has 1 saturated heterocycles. The van der Waals surface area contributed by atoms with E-state index in [1.54, 1.807) is 71.9 Å². The number of rotatable bonds is 3. The van der Waals surface area contributed by atoms with E-state index < -0.39 is 77.3 Å². The number of aliphatic hydroxyl groups is 2. The van der Waals surface area contributed by atoms with Gasteiger partial charge >= 0.3 is 11.8 Å². The highest BCUT2D eigenvalue weighted by Gasteiger charge is 2.50. The molecule has 0 aromatic heterocycles. The third-order valence-corrected chi connectivity index (χ3v) is 11.9. The van der Waals surface area contributed by atoms with Crippen LogP contribution in [-0.4, -0.2) is 88.0 Å². The summed E-state index contributed by atoms with van der Waals surface area (Å²) in [6.45, 7) is 15.7. The predicted molar refractivity (Wildman–Crippen MR) is 213 cm³/mol. The summed E-state index contributed by atoms with van der Waals surface area (Å²) >= 11 is 0. The summed E-state index contributed by atoms with van der Waals surface area (Å²) in [4.78, 5) is 42.6. The van der Waals surface area contributed by atoms with Crippen LogP contribution in [0, 0.1) is 30.6 Å². The molecular formula is C43H58N2O11. The van der Waals surface area contributed by atoms with Crippen molar-refractivity contribution in [3.63, 3.8) is 0 Å². The maximum atomic E-state index is 14.6. The lowest BCUT2D eigenvalue weighted by Gasteiger charge is -2.38. The maximum Gasteiger partial charge on any atom is 0.312 e. The average molecular weight is 779 g/mol. The number of aromatic hydroxyl groups is 2. The van der Waals surface area contributed by atoms with Crippen LogP contribution in [0.3, 0.4) is 0 Å². The van der Waals surface area contributed by atoms with Crippen molar-refractivity contribution in [3.8, 4) is 17.2 Å². The predicted octanol–water partition coefficient (Wildman–Crippen LogP) is 6.43. The fourth-order valence-corrected chi connectivity index (χ4v) is 8.33. The van der Waals surface area contributed by atoms with Crippen LogP contribution in [0.2, 0.25) is 0 Å². The number of phenolic OH excluding ortho intramolecular Hbond substituents is 2. The smallest absolute Gasteiger partial charge is 0.312 e. The molecule has 6 rings (SSSR count). The van der Waals surface area contributed by atoms with Crippen molar-refractivity contribution in [1.29, 1.82) is 0 Å². The molecule has 13 nitrogen and oxygen atoms in total. The first-order valence-corrected chi connectivity index (χ1v) is 19.5. The molecule has 1 unspecified atom stereocenters. The number of fused-ring (bicyclic) bond motifs is 14. The molecule has 4 aliphatic heterocycles. The summed E-state index contributed by atoms with van der Waals surface area (Å²) in [5.74, 6) is -6.44. The van der Waals surface area contributed by atoms with Gasteiger partial charge in [-0.25, -0.2) is 0 Å². The minimum Gasteiger partial charge on any atom is -0.507 e. The van der Waals surface area contributed by atoms with Crippen LogP contribution in [0.5, 0.6) is 17.2 Å². The number of ether oxygens (including phenoxy) is 4. The molecule has 1 amide bonds. The van der Waals surface area contributed by atoms with Gasteiger partial charge in [0.2, 0.25) is 0 Å². The number of aliphatic hydroxyl groups excluding tert-OH is 2. The number of amides is 1. The zero-order chi connectivity index (χ0) is 41.4. The first-order valence-electron chi connectivity index (χ1n) is 19.5. The molecule has 306 valence electrons. The van der Waals surface area contributed by atoms with Gasteiger partial charge in [-0.3, -0.25) is 14.4 Å². The molecule has 0 spiro atoms. The Bertz CT molecular complexity index is 1940. The summed E-state index contributed by atoms with van der Waals surface area (Å²) in [5, 5.41) is 49.4. The summed E-state index contributed by atoms with van der Waals surface area (Å²) < 4.78 is 23.9. The Balaban J connectivity index is 1.70. The van der Waals surface area contributed by atoms with Crippen molar-refractivity contribution in [1.82, 2.24) is 0 Å². The van der Waals surface area contributed by atoms with Crippen molar-refractivity contribution in [3.05, 3.63) is 53.3 Å². The number of methoxy groups -OCH3 is 1. The minimum atomic E-state index is -1.90. The van der Waals surface area contributed by atoms with E-state index in [1.165, 1.54) is 27.2 Å². The number of ketones is 1. The largest absolute Gasteiger partial charge is 0.507 e. The summed E-state index contributed by atoms with van der Waals surface area (Å²) in [6.07, 6.45) is 6.85. The minimum absolute atomic E-state index is 0.00225. The number of esters is 1. The topological polar surface area (TPSA) is 184 Å². The fourth-order valence-electron chi connectivity index (χ4n) is 8.33. The maximum absolute atomic E-state index is 14.6. The number of benzene rings is 2. The van der Waals surface area contributed by atoms with Crippen LogP contribution in [0.1, 0.15) is 90.6 Å². The van der Waals surface area contributed by atoms with Gasteiger partial charge in [0.1, 0.15) is 17.6 Å². The summed E-state index contributed by atoms with van der Waals surface area (Å²) in [7, 11) is 1.47. The average Bonchev–Trinajstić information content (AvgIpc) is 3.42. The van der Waals surface area contributed by atoms with Gasteiger partial charge in [0, 0.05) is 79.4 Å². The number of carbonyl (C=O) groups is 3. The van der Waals surface area contributed by atoms with Crippen molar-refractivity contribution in [2.24, 2.45) is 23.7 Å². The van der Waals surface area contributed by atoms with Crippen molar-refractivity contribution >= 4 is 39.8 Å². The number of Topliss-reactive ketones (excluding diaryl/α,β-unsaturated/α-hetero) is 1. The fraction of sp³-hybridized carbons (Fsp3) is 0.558. The van der Waals surface area contributed by atoms with E-state index in [0.29, 0.717) is 12.2 Å². The Morgan fingerprint density at radius 1 is 0.964 bits per heavy atom. The van der Waals surface area contributed by atoms with E-state index in [4.69, 9.17) is 18.9 Å². The highest BCUT2D eigenvalue weighted by atomic mass is 16.7. The number of nitrogens with zero attached hydrogens (tertiary/aromatic N) is 1. The highest BCUT2D eigenvalue weighted by molar-refractivity contribution is 6.23. The van der Waals surface area contributed by atoms with Crippen LogP contribution < -0.4 is 15.0 Å². The van der Waals surface area contributed by atoms with Gasteiger partial charge in [-0.2, -0.15) is 0 Å².